The van der Waals surface area contributed by atoms with Gasteiger partial charge in [0.05, 0.1) is 22.8 Å². The van der Waals surface area contributed by atoms with Crippen LogP contribution in [-0.4, -0.2) is 34.6 Å². The number of benzene rings is 2. The van der Waals surface area contributed by atoms with E-state index in [1.165, 1.54) is 18.2 Å². The van der Waals surface area contributed by atoms with Gasteiger partial charge in [-0.05, 0) is 67.9 Å². The molecule has 0 unspecified atom stereocenters. The van der Waals surface area contributed by atoms with Crippen LogP contribution in [-0.2, 0) is 9.53 Å². The van der Waals surface area contributed by atoms with Gasteiger partial charge in [0.15, 0.2) is 5.17 Å². The number of thioether (sulfide) groups is 1. The van der Waals surface area contributed by atoms with E-state index < -0.39 is 0 Å². The van der Waals surface area contributed by atoms with E-state index >= 15 is 0 Å². The van der Waals surface area contributed by atoms with E-state index in [1.807, 2.05) is 59.5 Å². The SMILES string of the molecule is CCOC(=O)c1ccc(-c2ccc(/C=C3\SC(=Nc4ccccc4)N(C4CCCCC4)C3=O)o2)cc1. The van der Waals surface area contributed by atoms with E-state index in [-0.39, 0.29) is 17.9 Å². The van der Waals surface area contributed by atoms with Gasteiger partial charge in [-0.1, -0.05) is 49.6 Å². The van der Waals surface area contributed by atoms with Crippen molar-refractivity contribution in [1.29, 1.82) is 0 Å². The predicted molar refractivity (Wildman–Crippen MR) is 143 cm³/mol. The van der Waals surface area contributed by atoms with Crippen LogP contribution in [0.3, 0.4) is 0 Å². The summed E-state index contributed by atoms with van der Waals surface area (Å²) in [7, 11) is 0. The van der Waals surface area contributed by atoms with Crippen molar-refractivity contribution in [3.63, 3.8) is 0 Å². The van der Waals surface area contributed by atoms with Crippen molar-refractivity contribution in [3.8, 4) is 11.3 Å². The summed E-state index contributed by atoms with van der Waals surface area (Å²) in [4.78, 5) is 32.7. The van der Waals surface area contributed by atoms with Gasteiger partial charge in [0, 0.05) is 17.7 Å². The maximum Gasteiger partial charge on any atom is 0.338 e. The van der Waals surface area contributed by atoms with Gasteiger partial charge in [-0.25, -0.2) is 9.79 Å². The van der Waals surface area contributed by atoms with Gasteiger partial charge in [-0.2, -0.15) is 0 Å². The van der Waals surface area contributed by atoms with Crippen LogP contribution >= 0.6 is 11.8 Å². The quantitative estimate of drug-likeness (QED) is 0.268. The molecule has 6 nitrogen and oxygen atoms in total. The number of carbonyl (C=O) groups is 2. The van der Waals surface area contributed by atoms with Crippen molar-refractivity contribution in [2.24, 2.45) is 4.99 Å². The number of ether oxygens (including phenoxy) is 1. The van der Waals surface area contributed by atoms with Crippen LogP contribution in [0.5, 0.6) is 0 Å². The zero-order chi connectivity index (χ0) is 24.9. The molecule has 2 heterocycles. The van der Waals surface area contributed by atoms with E-state index in [4.69, 9.17) is 14.1 Å². The third-order valence-electron chi connectivity index (χ3n) is 6.34. The number of carbonyl (C=O) groups excluding carboxylic acids is 2. The van der Waals surface area contributed by atoms with Crippen LogP contribution < -0.4 is 0 Å². The van der Waals surface area contributed by atoms with Crippen molar-refractivity contribution >= 4 is 40.6 Å². The Kier molecular flexibility index (Phi) is 7.37. The summed E-state index contributed by atoms with van der Waals surface area (Å²) in [6.45, 7) is 2.12. The molecule has 1 saturated carbocycles. The Morgan fingerprint density at radius 1 is 1.06 bits per heavy atom. The second kappa shape index (κ2) is 11.0. The molecule has 0 bridgehead atoms. The van der Waals surface area contributed by atoms with E-state index in [2.05, 4.69) is 0 Å². The zero-order valence-corrected chi connectivity index (χ0v) is 21.0. The van der Waals surface area contributed by atoms with Crippen LogP contribution in [0.1, 0.15) is 55.1 Å². The van der Waals surface area contributed by atoms with E-state index in [0.717, 1.165) is 42.1 Å². The Labute approximate surface area is 215 Å². The highest BCUT2D eigenvalue weighted by Crippen LogP contribution is 2.39. The lowest BCUT2D eigenvalue weighted by Crippen LogP contribution is -2.40. The summed E-state index contributed by atoms with van der Waals surface area (Å²) in [5.41, 5.74) is 2.17. The number of furan rings is 1. The number of para-hydroxylation sites is 1. The summed E-state index contributed by atoms with van der Waals surface area (Å²) in [5, 5.41) is 0.727. The van der Waals surface area contributed by atoms with Gasteiger partial charge in [0.2, 0.25) is 0 Å². The minimum atomic E-state index is -0.346. The molecule has 7 heteroatoms. The van der Waals surface area contributed by atoms with Gasteiger partial charge in [0.1, 0.15) is 11.5 Å². The highest BCUT2D eigenvalue weighted by atomic mass is 32.2. The van der Waals surface area contributed by atoms with Crippen molar-refractivity contribution in [2.75, 3.05) is 6.61 Å². The molecule has 184 valence electrons. The normalized spacial score (nSPS) is 18.8. The average molecular weight is 501 g/mol. The van der Waals surface area contributed by atoms with E-state index in [9.17, 15) is 9.59 Å². The molecule has 1 amide bonds. The smallest absolute Gasteiger partial charge is 0.338 e. The molecular formula is C29H28N2O4S. The number of rotatable bonds is 6. The molecule has 2 fully saturated rings. The molecule has 5 rings (SSSR count). The molecule has 0 spiro atoms. The number of esters is 1. The Hall–Kier alpha value is -3.58. The summed E-state index contributed by atoms with van der Waals surface area (Å²) in [5.74, 6) is 0.898. The van der Waals surface area contributed by atoms with Crippen LogP contribution in [0, 0.1) is 0 Å². The van der Waals surface area contributed by atoms with Gasteiger partial charge in [-0.15, -0.1) is 0 Å². The largest absolute Gasteiger partial charge is 0.462 e. The molecule has 1 aromatic heterocycles. The van der Waals surface area contributed by atoms with E-state index in [1.54, 1.807) is 25.1 Å². The van der Waals surface area contributed by atoms with Crippen molar-refractivity contribution < 1.29 is 18.7 Å². The van der Waals surface area contributed by atoms with Crippen LogP contribution in [0.2, 0.25) is 0 Å². The molecule has 36 heavy (non-hydrogen) atoms. The Morgan fingerprint density at radius 3 is 2.53 bits per heavy atom. The van der Waals surface area contributed by atoms with Gasteiger partial charge >= 0.3 is 5.97 Å². The highest BCUT2D eigenvalue weighted by molar-refractivity contribution is 8.18. The predicted octanol–water partition coefficient (Wildman–Crippen LogP) is 7.06. The standard InChI is InChI=1S/C29H28N2O4S/c1-2-34-28(33)21-15-13-20(14-16-21)25-18-17-24(35-25)19-26-27(32)31(23-11-7-4-8-12-23)29(36-26)30-22-9-5-3-6-10-22/h3,5-6,9-10,13-19,23H,2,4,7-8,11-12H2,1H3/b26-19-,30-29?. The molecule has 1 aliphatic carbocycles. The number of amidine groups is 1. The molecule has 0 radical (unpaired) electrons. The summed E-state index contributed by atoms with van der Waals surface area (Å²) < 4.78 is 11.1. The van der Waals surface area contributed by atoms with Crippen LogP contribution in [0.4, 0.5) is 5.69 Å². The molecule has 3 aromatic rings. The zero-order valence-electron chi connectivity index (χ0n) is 20.2. The monoisotopic (exact) mass is 500 g/mol. The molecule has 2 aromatic carbocycles. The molecule has 0 atom stereocenters. The average Bonchev–Trinajstić information content (AvgIpc) is 3.50. The third-order valence-corrected chi connectivity index (χ3v) is 7.32. The fourth-order valence-corrected chi connectivity index (χ4v) is 5.58. The van der Waals surface area contributed by atoms with Crippen LogP contribution in [0.15, 0.2) is 81.0 Å². The van der Waals surface area contributed by atoms with E-state index in [0.29, 0.717) is 28.6 Å². The first kappa shape index (κ1) is 24.1. The molecule has 0 N–H and O–H groups in total. The first-order valence-electron chi connectivity index (χ1n) is 12.4. The topological polar surface area (TPSA) is 72.1 Å². The lowest BCUT2D eigenvalue weighted by atomic mass is 9.94. The Bertz CT molecular complexity index is 1290. The van der Waals surface area contributed by atoms with Gasteiger partial charge in [0.25, 0.3) is 5.91 Å². The molecule has 1 aliphatic heterocycles. The number of nitrogens with zero attached hydrogens (tertiary/aromatic N) is 2. The maximum atomic E-state index is 13.5. The lowest BCUT2D eigenvalue weighted by Gasteiger charge is -2.30. The lowest BCUT2D eigenvalue weighted by molar-refractivity contribution is -0.124. The second-order valence-corrected chi connectivity index (χ2v) is 9.82. The number of hydrogen-bond donors (Lipinski definition) is 0. The summed E-state index contributed by atoms with van der Waals surface area (Å²) in [6.07, 6.45) is 7.28. The van der Waals surface area contributed by atoms with Gasteiger partial charge < -0.3 is 9.15 Å². The van der Waals surface area contributed by atoms with Crippen molar-refractivity contribution in [3.05, 3.63) is 83.0 Å². The number of amides is 1. The minimum Gasteiger partial charge on any atom is -0.462 e. The van der Waals surface area contributed by atoms with Crippen molar-refractivity contribution in [2.45, 2.75) is 45.1 Å². The highest BCUT2D eigenvalue weighted by Gasteiger charge is 2.38. The third kappa shape index (κ3) is 5.31. The Balaban J connectivity index is 1.39. The minimum absolute atomic E-state index is 0.0154. The second-order valence-electron chi connectivity index (χ2n) is 8.81. The fourth-order valence-electron chi connectivity index (χ4n) is 4.54. The Morgan fingerprint density at radius 2 is 1.81 bits per heavy atom. The number of aliphatic imine (C=N–C) groups is 1. The maximum absolute atomic E-state index is 13.5. The van der Waals surface area contributed by atoms with Crippen molar-refractivity contribution in [1.82, 2.24) is 4.90 Å². The number of hydrogen-bond acceptors (Lipinski definition) is 6. The summed E-state index contributed by atoms with van der Waals surface area (Å²) in [6, 6.07) is 20.8. The fraction of sp³-hybridized carbons (Fsp3) is 0.276. The summed E-state index contributed by atoms with van der Waals surface area (Å²) >= 11 is 1.40. The van der Waals surface area contributed by atoms with Gasteiger partial charge in [-0.3, -0.25) is 9.69 Å². The first-order valence-corrected chi connectivity index (χ1v) is 13.2. The molecule has 2 aliphatic rings. The first-order chi connectivity index (χ1) is 17.6. The molecular weight excluding hydrogens is 472 g/mol. The van der Waals surface area contributed by atoms with Crippen LogP contribution in [0.25, 0.3) is 17.4 Å². The molecule has 1 saturated heterocycles.